The van der Waals surface area contributed by atoms with E-state index in [1.165, 1.54) is 5.56 Å². The SMILES string of the molecule is CC(/C=C/c1ccccc1)C/C=C/C(C)C[C@]1(C)C[C@H](C)[C@H](CC(=O)O)OO1. The third-order valence-corrected chi connectivity index (χ3v) is 5.28. The lowest BCUT2D eigenvalue weighted by molar-refractivity contribution is -0.417. The van der Waals surface area contributed by atoms with Crippen LogP contribution in [-0.2, 0) is 14.6 Å². The van der Waals surface area contributed by atoms with Gasteiger partial charge >= 0.3 is 5.97 Å². The summed E-state index contributed by atoms with van der Waals surface area (Å²) in [6, 6.07) is 10.3. The van der Waals surface area contributed by atoms with E-state index in [0.29, 0.717) is 11.8 Å². The zero-order valence-corrected chi connectivity index (χ0v) is 17.5. The van der Waals surface area contributed by atoms with Crippen molar-refractivity contribution < 1.29 is 19.7 Å². The first kappa shape index (κ1) is 22.4. The Kier molecular flexibility index (Phi) is 8.46. The van der Waals surface area contributed by atoms with Crippen molar-refractivity contribution in [2.24, 2.45) is 17.8 Å². The molecular weight excluding hydrogens is 352 g/mol. The maximum atomic E-state index is 10.9. The molecule has 5 atom stereocenters. The van der Waals surface area contributed by atoms with Crippen LogP contribution in [0.4, 0.5) is 0 Å². The van der Waals surface area contributed by atoms with Crippen LogP contribution in [-0.4, -0.2) is 22.8 Å². The fraction of sp³-hybridized carbons (Fsp3) is 0.542. The van der Waals surface area contributed by atoms with Crippen LogP contribution in [0.15, 0.2) is 48.6 Å². The second kappa shape index (κ2) is 10.6. The van der Waals surface area contributed by atoms with Crippen molar-refractivity contribution in [1.29, 1.82) is 0 Å². The first-order chi connectivity index (χ1) is 13.3. The van der Waals surface area contributed by atoms with Crippen LogP contribution in [0.5, 0.6) is 0 Å². The van der Waals surface area contributed by atoms with Gasteiger partial charge in [0.25, 0.3) is 0 Å². The van der Waals surface area contributed by atoms with Gasteiger partial charge in [-0.15, -0.1) is 0 Å². The first-order valence-corrected chi connectivity index (χ1v) is 10.2. The van der Waals surface area contributed by atoms with Gasteiger partial charge in [0, 0.05) is 0 Å². The molecular formula is C24H34O4. The van der Waals surface area contributed by atoms with E-state index in [1.54, 1.807) is 0 Å². The minimum Gasteiger partial charge on any atom is -0.481 e. The number of allylic oxidation sites excluding steroid dienone is 3. The second-order valence-electron chi connectivity index (χ2n) is 8.54. The molecule has 4 heteroatoms. The molecule has 4 nitrogen and oxygen atoms in total. The van der Waals surface area contributed by atoms with Crippen molar-refractivity contribution in [3.8, 4) is 0 Å². The Morgan fingerprint density at radius 3 is 2.61 bits per heavy atom. The molecule has 0 aliphatic carbocycles. The van der Waals surface area contributed by atoms with E-state index in [0.717, 1.165) is 19.3 Å². The predicted octanol–water partition coefficient (Wildman–Crippen LogP) is 5.90. The highest BCUT2D eigenvalue weighted by molar-refractivity contribution is 5.67. The van der Waals surface area contributed by atoms with E-state index in [2.05, 4.69) is 57.2 Å². The van der Waals surface area contributed by atoms with Crippen LogP contribution >= 0.6 is 0 Å². The Morgan fingerprint density at radius 2 is 1.96 bits per heavy atom. The maximum Gasteiger partial charge on any atom is 0.306 e. The Bertz CT molecular complexity index is 666. The molecule has 154 valence electrons. The molecule has 0 radical (unpaired) electrons. The van der Waals surface area contributed by atoms with Gasteiger partial charge in [-0.2, -0.15) is 0 Å². The summed E-state index contributed by atoms with van der Waals surface area (Å²) in [5.41, 5.74) is 0.848. The summed E-state index contributed by atoms with van der Waals surface area (Å²) in [7, 11) is 0. The lowest BCUT2D eigenvalue weighted by Gasteiger charge is -2.40. The van der Waals surface area contributed by atoms with E-state index in [4.69, 9.17) is 14.9 Å². The molecule has 0 amide bonds. The molecule has 1 heterocycles. The molecule has 1 saturated heterocycles. The molecule has 1 aliphatic rings. The van der Waals surface area contributed by atoms with Gasteiger partial charge in [-0.25, -0.2) is 9.78 Å². The van der Waals surface area contributed by atoms with Gasteiger partial charge in [0.1, 0.15) is 11.7 Å². The van der Waals surface area contributed by atoms with Crippen LogP contribution in [0.3, 0.4) is 0 Å². The van der Waals surface area contributed by atoms with Gasteiger partial charge < -0.3 is 5.11 Å². The number of carboxylic acid groups (broad SMARTS) is 1. The zero-order chi connectivity index (χ0) is 20.6. The molecule has 0 spiro atoms. The van der Waals surface area contributed by atoms with E-state index in [9.17, 15) is 4.79 Å². The average molecular weight is 387 g/mol. The molecule has 1 N–H and O–H groups in total. The predicted molar refractivity (Wildman–Crippen MR) is 113 cm³/mol. The minimum absolute atomic E-state index is 0.0128. The molecule has 0 aromatic heterocycles. The number of aliphatic carboxylic acids is 1. The van der Waals surface area contributed by atoms with Gasteiger partial charge in [0.05, 0.1) is 6.42 Å². The number of hydrogen-bond donors (Lipinski definition) is 1. The summed E-state index contributed by atoms with van der Waals surface area (Å²) in [6.07, 6.45) is 11.2. The van der Waals surface area contributed by atoms with Gasteiger partial charge in [-0.05, 0) is 49.5 Å². The summed E-state index contributed by atoms with van der Waals surface area (Å²) in [5.74, 6) is 0.150. The molecule has 0 bridgehead atoms. The summed E-state index contributed by atoms with van der Waals surface area (Å²) in [5, 5.41) is 8.95. The molecule has 1 aromatic rings. The average Bonchev–Trinajstić information content (AvgIpc) is 2.63. The smallest absolute Gasteiger partial charge is 0.306 e. The lowest BCUT2D eigenvalue weighted by Crippen LogP contribution is -2.44. The molecule has 1 aliphatic heterocycles. The Labute approximate surface area is 169 Å². The first-order valence-electron chi connectivity index (χ1n) is 10.2. The fourth-order valence-corrected chi connectivity index (χ4v) is 3.84. The minimum atomic E-state index is -0.851. The van der Waals surface area contributed by atoms with Crippen molar-refractivity contribution in [3.05, 3.63) is 54.1 Å². The van der Waals surface area contributed by atoms with Crippen LogP contribution < -0.4 is 0 Å². The molecule has 0 saturated carbocycles. The monoisotopic (exact) mass is 386 g/mol. The third kappa shape index (κ3) is 7.61. The number of benzene rings is 1. The van der Waals surface area contributed by atoms with Crippen molar-refractivity contribution in [2.45, 2.75) is 65.1 Å². The largest absolute Gasteiger partial charge is 0.481 e. The van der Waals surface area contributed by atoms with Crippen LogP contribution in [0.25, 0.3) is 6.08 Å². The Balaban J connectivity index is 1.77. The van der Waals surface area contributed by atoms with Gasteiger partial charge in [0.15, 0.2) is 0 Å². The van der Waals surface area contributed by atoms with E-state index in [1.807, 2.05) is 25.1 Å². The maximum absolute atomic E-state index is 10.9. The molecule has 1 aromatic carbocycles. The number of carbonyl (C=O) groups is 1. The highest BCUT2D eigenvalue weighted by Crippen LogP contribution is 2.36. The van der Waals surface area contributed by atoms with Crippen molar-refractivity contribution in [2.75, 3.05) is 0 Å². The van der Waals surface area contributed by atoms with Crippen LogP contribution in [0.1, 0.15) is 58.9 Å². The van der Waals surface area contributed by atoms with Gasteiger partial charge in [-0.3, -0.25) is 4.79 Å². The number of carboxylic acids is 1. The topological polar surface area (TPSA) is 55.8 Å². The lowest BCUT2D eigenvalue weighted by atomic mass is 9.82. The summed E-state index contributed by atoms with van der Waals surface area (Å²) in [6.45, 7) is 8.49. The van der Waals surface area contributed by atoms with E-state index < -0.39 is 5.97 Å². The van der Waals surface area contributed by atoms with Crippen molar-refractivity contribution in [1.82, 2.24) is 0 Å². The number of rotatable bonds is 9. The van der Waals surface area contributed by atoms with Crippen LogP contribution in [0.2, 0.25) is 0 Å². The molecule has 2 unspecified atom stereocenters. The standard InChI is InChI=1S/C24H34O4/c1-18(13-14-21-11-6-5-7-12-21)9-8-10-19(2)16-24(4)17-20(3)22(27-28-24)15-23(25)26/h5-8,10-14,18-20,22H,9,15-17H2,1-4H3,(H,25,26)/b10-8+,14-13+/t18?,19?,20-,22-,24+/m0/s1. The van der Waals surface area contributed by atoms with E-state index in [-0.39, 0.29) is 24.0 Å². The number of hydrogen-bond acceptors (Lipinski definition) is 3. The quantitative estimate of drug-likeness (QED) is 0.424. The Hall–Kier alpha value is -1.91. The summed E-state index contributed by atoms with van der Waals surface area (Å²) in [4.78, 5) is 21.9. The second-order valence-corrected chi connectivity index (χ2v) is 8.54. The summed E-state index contributed by atoms with van der Waals surface area (Å²) < 4.78 is 0. The van der Waals surface area contributed by atoms with Gasteiger partial charge in [-0.1, -0.05) is 75.4 Å². The summed E-state index contributed by atoms with van der Waals surface area (Å²) >= 11 is 0. The fourth-order valence-electron chi connectivity index (χ4n) is 3.84. The molecule has 2 rings (SSSR count). The molecule has 1 fully saturated rings. The Morgan fingerprint density at radius 1 is 1.25 bits per heavy atom. The molecule has 28 heavy (non-hydrogen) atoms. The highest BCUT2D eigenvalue weighted by atomic mass is 17.2. The van der Waals surface area contributed by atoms with Crippen molar-refractivity contribution >= 4 is 12.0 Å². The normalized spacial score (nSPS) is 27.9. The van der Waals surface area contributed by atoms with Crippen molar-refractivity contribution in [3.63, 3.8) is 0 Å². The van der Waals surface area contributed by atoms with Crippen LogP contribution in [0, 0.1) is 17.8 Å². The highest BCUT2D eigenvalue weighted by Gasteiger charge is 2.39. The van der Waals surface area contributed by atoms with E-state index >= 15 is 0 Å². The van der Waals surface area contributed by atoms with Gasteiger partial charge in [0.2, 0.25) is 0 Å². The zero-order valence-electron chi connectivity index (χ0n) is 17.5. The third-order valence-electron chi connectivity index (χ3n) is 5.28.